The summed E-state index contributed by atoms with van der Waals surface area (Å²) in [6, 6.07) is 9.61. The van der Waals surface area contributed by atoms with Gasteiger partial charge in [0, 0.05) is 30.0 Å². The number of aromatic carboxylic acids is 2. The maximum absolute atomic E-state index is 11.7. The number of aryl methyl sites for hydroxylation is 1. The molecule has 3 aromatic rings. The van der Waals surface area contributed by atoms with E-state index in [0.717, 1.165) is 30.8 Å². The fourth-order valence-electron chi connectivity index (χ4n) is 5.96. The summed E-state index contributed by atoms with van der Waals surface area (Å²) in [6.07, 6.45) is 7.76. The first kappa shape index (κ1) is 35.8. The lowest BCUT2D eigenvalue weighted by atomic mass is 9.75. The SMILES string of the molecule is CC1(C)CC(C=C2Sc3ccc(C(=O)O)cc3N2CCCS(=O)(=O)O)=CC(=Cc2sc3ccc(C(=O)O)cc3[n+]2CCCS(=O)(=O)O)C1. The number of thioether (sulfide) groups is 1. The largest absolute Gasteiger partial charge is 0.478 e. The summed E-state index contributed by atoms with van der Waals surface area (Å²) in [5, 5.41) is 20.7. The summed E-state index contributed by atoms with van der Waals surface area (Å²) in [7, 11) is -8.37. The van der Waals surface area contributed by atoms with Crippen molar-refractivity contribution in [3.05, 3.63) is 80.9 Å². The molecule has 0 bridgehead atoms. The molecule has 0 saturated carbocycles. The van der Waals surface area contributed by atoms with Crippen LogP contribution in [0, 0.1) is 5.41 Å². The number of thiazole rings is 1. The first-order valence-corrected chi connectivity index (χ1v) is 19.8. The first-order chi connectivity index (χ1) is 22.4. The molecule has 16 heteroatoms. The molecule has 0 fully saturated rings. The van der Waals surface area contributed by atoms with Crippen LogP contribution in [0.2, 0.25) is 0 Å². The van der Waals surface area contributed by atoms with E-state index in [1.54, 1.807) is 24.3 Å². The second kappa shape index (κ2) is 13.8. The Morgan fingerprint density at radius 3 is 2.23 bits per heavy atom. The molecule has 1 aliphatic carbocycles. The van der Waals surface area contributed by atoms with Crippen molar-refractivity contribution in [2.75, 3.05) is 23.0 Å². The van der Waals surface area contributed by atoms with Crippen LogP contribution in [-0.4, -0.2) is 66.1 Å². The van der Waals surface area contributed by atoms with Crippen LogP contribution < -0.4 is 9.47 Å². The average molecular weight is 736 g/mol. The molecule has 0 atom stereocenters. The van der Waals surface area contributed by atoms with Gasteiger partial charge >= 0.3 is 11.9 Å². The van der Waals surface area contributed by atoms with E-state index in [2.05, 4.69) is 19.9 Å². The number of allylic oxidation sites excluding steroid dienone is 4. The zero-order valence-corrected chi connectivity index (χ0v) is 29.4. The van der Waals surface area contributed by atoms with Crippen LogP contribution in [0.15, 0.2) is 69.6 Å². The summed E-state index contributed by atoms with van der Waals surface area (Å²) in [6.45, 7) is 4.74. The average Bonchev–Trinajstić information content (AvgIpc) is 3.46. The van der Waals surface area contributed by atoms with E-state index in [1.165, 1.54) is 35.2 Å². The summed E-state index contributed by atoms with van der Waals surface area (Å²) >= 11 is 2.89. The molecule has 48 heavy (non-hydrogen) atoms. The van der Waals surface area contributed by atoms with Crippen molar-refractivity contribution in [3.8, 4) is 0 Å². The van der Waals surface area contributed by atoms with Crippen molar-refractivity contribution >= 4 is 77.3 Å². The Hall–Kier alpha value is -3.54. The third-order valence-electron chi connectivity index (χ3n) is 7.88. The van der Waals surface area contributed by atoms with Crippen LogP contribution >= 0.6 is 23.1 Å². The summed E-state index contributed by atoms with van der Waals surface area (Å²) < 4.78 is 67.1. The minimum Gasteiger partial charge on any atom is -0.478 e. The fourth-order valence-corrected chi connectivity index (χ4v) is 9.24. The number of anilines is 1. The molecule has 1 aliphatic heterocycles. The summed E-state index contributed by atoms with van der Waals surface area (Å²) in [4.78, 5) is 26.1. The van der Waals surface area contributed by atoms with Gasteiger partial charge < -0.3 is 15.1 Å². The lowest BCUT2D eigenvalue weighted by Gasteiger charge is -2.31. The highest BCUT2D eigenvalue weighted by atomic mass is 32.2. The summed E-state index contributed by atoms with van der Waals surface area (Å²) in [5.74, 6) is -3.04. The maximum atomic E-state index is 11.7. The normalized spacial score (nSPS) is 18.0. The highest BCUT2D eigenvalue weighted by molar-refractivity contribution is 8.03. The highest BCUT2D eigenvalue weighted by Gasteiger charge is 2.31. The number of fused-ring (bicyclic) bond motifs is 2. The Morgan fingerprint density at radius 1 is 0.917 bits per heavy atom. The number of aromatic nitrogens is 1. The predicted molar refractivity (Wildman–Crippen MR) is 185 cm³/mol. The van der Waals surface area contributed by atoms with E-state index in [1.807, 2.05) is 21.6 Å². The van der Waals surface area contributed by atoms with Gasteiger partial charge in [-0.3, -0.25) is 9.11 Å². The minimum absolute atomic E-state index is 0.0994. The molecule has 2 aromatic carbocycles. The van der Waals surface area contributed by atoms with Crippen molar-refractivity contribution in [3.63, 3.8) is 0 Å². The van der Waals surface area contributed by atoms with Gasteiger partial charge in [0.25, 0.3) is 25.2 Å². The van der Waals surface area contributed by atoms with Gasteiger partial charge in [0.2, 0.25) is 5.52 Å². The zero-order chi connectivity index (χ0) is 35.0. The standard InChI is InChI=1S/C32H34N2O10S4/c1-32(2)18-20(14-28-33(9-3-11-47(39,40)41)24-16-22(30(35)36)5-7-26(24)45-28)13-21(19-32)15-29-34(10-4-12-48(42,43)44)25-17-23(31(37)38)6-8-27(25)46-29/h5-8,13-17H,3-4,9-12,18-19H2,1-2H3,(H3-,35,36,37,38,39,40,41,42,43,44)/p+1. The monoisotopic (exact) mass is 735 g/mol. The van der Waals surface area contributed by atoms with Crippen LogP contribution in [0.1, 0.15) is 65.3 Å². The molecular weight excluding hydrogens is 701 g/mol. The van der Waals surface area contributed by atoms with Gasteiger partial charge in [-0.1, -0.05) is 43.0 Å². The van der Waals surface area contributed by atoms with E-state index in [-0.39, 0.29) is 42.5 Å². The Kier molecular flexibility index (Phi) is 10.3. The fraction of sp³-hybridized carbons (Fsp3) is 0.344. The second-order valence-corrected chi connectivity index (χ2v) is 17.8. The van der Waals surface area contributed by atoms with Gasteiger partial charge in [-0.25, -0.2) is 9.59 Å². The summed E-state index contributed by atoms with van der Waals surface area (Å²) in [5.41, 5.74) is 3.29. The van der Waals surface area contributed by atoms with Crippen molar-refractivity contribution in [1.29, 1.82) is 0 Å². The first-order valence-electron chi connectivity index (χ1n) is 14.9. The number of carboxylic acids is 2. The Balaban J connectivity index is 1.54. The topological polar surface area (TPSA) is 190 Å². The predicted octanol–water partition coefficient (Wildman–Crippen LogP) is 5.72. The number of hydrogen-bond acceptors (Lipinski definition) is 9. The molecule has 1 aromatic heterocycles. The molecule has 0 radical (unpaired) electrons. The molecule has 0 amide bonds. The molecule has 0 spiro atoms. The third-order valence-corrected chi connectivity index (χ3v) is 11.7. The molecule has 2 heterocycles. The second-order valence-electron chi connectivity index (χ2n) is 12.5. The van der Waals surface area contributed by atoms with Gasteiger partial charge in [-0.2, -0.15) is 21.4 Å². The number of carbonyl (C=O) groups is 2. The highest BCUT2D eigenvalue weighted by Crippen LogP contribution is 2.48. The van der Waals surface area contributed by atoms with Gasteiger partial charge in [0.05, 0.1) is 33.3 Å². The van der Waals surface area contributed by atoms with E-state index in [0.29, 0.717) is 24.0 Å². The van der Waals surface area contributed by atoms with Gasteiger partial charge in [0.15, 0.2) is 6.54 Å². The lowest BCUT2D eigenvalue weighted by Crippen LogP contribution is -2.36. The van der Waals surface area contributed by atoms with E-state index in [9.17, 15) is 45.7 Å². The maximum Gasteiger partial charge on any atom is 0.335 e. The van der Waals surface area contributed by atoms with Gasteiger partial charge in [0.1, 0.15) is 4.70 Å². The Bertz CT molecular complexity index is 2110. The third kappa shape index (κ3) is 8.92. The molecule has 0 saturated heterocycles. The molecule has 5 rings (SSSR count). The number of carboxylic acid groups (broad SMARTS) is 2. The Labute approximate surface area is 286 Å². The Morgan fingerprint density at radius 2 is 1.56 bits per heavy atom. The van der Waals surface area contributed by atoms with Crippen LogP contribution in [0.5, 0.6) is 0 Å². The number of hydrogen-bond donors (Lipinski definition) is 4. The van der Waals surface area contributed by atoms with Gasteiger partial charge in [-0.05, 0) is 72.2 Å². The number of rotatable bonds is 12. The van der Waals surface area contributed by atoms with Crippen molar-refractivity contribution in [1.82, 2.24) is 0 Å². The van der Waals surface area contributed by atoms with Crippen LogP contribution in [-0.2, 0) is 26.8 Å². The molecular formula is C32H35N2O10S4+. The molecule has 0 unspecified atom stereocenters. The molecule has 4 N–H and O–H groups in total. The van der Waals surface area contributed by atoms with E-state index >= 15 is 0 Å². The molecule has 2 aliphatic rings. The number of benzene rings is 2. The minimum atomic E-state index is -4.18. The van der Waals surface area contributed by atoms with Crippen LogP contribution in [0.4, 0.5) is 5.69 Å². The molecule has 12 nitrogen and oxygen atoms in total. The van der Waals surface area contributed by atoms with Crippen molar-refractivity contribution < 1.29 is 50.3 Å². The zero-order valence-electron chi connectivity index (χ0n) is 26.1. The number of nitrogens with zero attached hydrogens (tertiary/aromatic N) is 2. The van der Waals surface area contributed by atoms with Gasteiger partial charge in [-0.15, -0.1) is 0 Å². The van der Waals surface area contributed by atoms with Crippen LogP contribution in [0.3, 0.4) is 0 Å². The van der Waals surface area contributed by atoms with Crippen molar-refractivity contribution in [2.45, 2.75) is 51.0 Å². The quantitative estimate of drug-likeness (QED) is 0.131. The molecule has 256 valence electrons. The lowest BCUT2D eigenvalue weighted by molar-refractivity contribution is -0.668. The van der Waals surface area contributed by atoms with E-state index in [4.69, 9.17) is 0 Å². The van der Waals surface area contributed by atoms with Crippen molar-refractivity contribution in [2.24, 2.45) is 5.41 Å². The smallest absolute Gasteiger partial charge is 0.335 e. The van der Waals surface area contributed by atoms with Crippen LogP contribution in [0.25, 0.3) is 16.3 Å². The van der Waals surface area contributed by atoms with E-state index < -0.39 is 43.7 Å².